The molecule has 1 aromatic heterocycles. The Labute approximate surface area is 141 Å². The number of esters is 1. The molecule has 0 aliphatic heterocycles. The van der Waals surface area contributed by atoms with Crippen molar-refractivity contribution in [3.8, 4) is 0 Å². The van der Waals surface area contributed by atoms with Gasteiger partial charge < -0.3 is 20.8 Å². The molecular weight excluding hydrogens is 306 g/mol. The molecule has 130 valence electrons. The van der Waals surface area contributed by atoms with Gasteiger partial charge in [-0.2, -0.15) is 0 Å². The number of nitrogens with one attached hydrogen (secondary N) is 2. The van der Waals surface area contributed by atoms with Crippen molar-refractivity contribution >= 4 is 22.8 Å². The van der Waals surface area contributed by atoms with E-state index in [1.807, 2.05) is 30.5 Å². The van der Waals surface area contributed by atoms with Crippen molar-refractivity contribution in [3.63, 3.8) is 0 Å². The number of H-pyrrole nitrogens is 1. The molecule has 1 aromatic carbocycles. The van der Waals surface area contributed by atoms with Gasteiger partial charge in [0.1, 0.15) is 6.04 Å². The number of methoxy groups -OCH3 is 1. The summed E-state index contributed by atoms with van der Waals surface area (Å²) in [6.07, 6.45) is 5.24. The van der Waals surface area contributed by atoms with E-state index in [9.17, 15) is 9.59 Å². The Kier molecular flexibility index (Phi) is 6.81. The third-order valence-electron chi connectivity index (χ3n) is 4.03. The average Bonchev–Trinajstić information content (AvgIpc) is 3.00. The van der Waals surface area contributed by atoms with Gasteiger partial charge in [-0.05, 0) is 31.0 Å². The molecule has 2 aromatic rings. The zero-order valence-electron chi connectivity index (χ0n) is 14.0. The van der Waals surface area contributed by atoms with E-state index in [0.29, 0.717) is 19.4 Å². The van der Waals surface area contributed by atoms with E-state index in [0.717, 1.165) is 35.7 Å². The summed E-state index contributed by atoms with van der Waals surface area (Å²) in [7, 11) is 1.33. The predicted molar refractivity (Wildman–Crippen MR) is 93.5 cm³/mol. The van der Waals surface area contributed by atoms with Gasteiger partial charge in [0.2, 0.25) is 5.91 Å². The Hall–Kier alpha value is -2.34. The Bertz CT molecular complexity index is 681. The number of para-hydroxylation sites is 1. The molecule has 0 saturated carbocycles. The first kappa shape index (κ1) is 18.0. The summed E-state index contributed by atoms with van der Waals surface area (Å²) in [5, 5.41) is 3.83. The predicted octanol–water partition coefficient (Wildman–Crippen LogP) is 1.89. The van der Waals surface area contributed by atoms with Crippen molar-refractivity contribution in [2.24, 2.45) is 5.73 Å². The third kappa shape index (κ3) is 4.83. The summed E-state index contributed by atoms with van der Waals surface area (Å²) in [6.45, 7) is 0.632. The highest BCUT2D eigenvalue weighted by molar-refractivity contribution is 5.87. The number of carbonyl (C=O) groups is 2. The van der Waals surface area contributed by atoms with Gasteiger partial charge in [0.05, 0.1) is 7.11 Å². The van der Waals surface area contributed by atoms with E-state index in [2.05, 4.69) is 10.3 Å². The van der Waals surface area contributed by atoms with Crippen LogP contribution in [0.1, 0.15) is 31.2 Å². The maximum absolute atomic E-state index is 12.1. The molecule has 0 aliphatic rings. The number of aromatic nitrogens is 1. The van der Waals surface area contributed by atoms with Crippen molar-refractivity contribution in [3.05, 3.63) is 36.0 Å². The van der Waals surface area contributed by atoms with Crippen LogP contribution in [0.2, 0.25) is 0 Å². The SMILES string of the molecule is COC(=O)[C@@H](Cc1c[nH]c2ccccc12)NC(=O)CCCCCN. The minimum atomic E-state index is -0.684. The zero-order chi connectivity index (χ0) is 17.4. The topological polar surface area (TPSA) is 97.2 Å². The van der Waals surface area contributed by atoms with Crippen LogP contribution in [0, 0.1) is 0 Å². The Morgan fingerprint density at radius 3 is 2.79 bits per heavy atom. The van der Waals surface area contributed by atoms with Gasteiger partial charge in [-0.25, -0.2) is 4.79 Å². The van der Waals surface area contributed by atoms with Gasteiger partial charge >= 0.3 is 5.97 Å². The van der Waals surface area contributed by atoms with Gasteiger partial charge in [0.25, 0.3) is 0 Å². The van der Waals surface area contributed by atoms with Gasteiger partial charge in [-0.1, -0.05) is 24.6 Å². The second-order valence-electron chi connectivity index (χ2n) is 5.81. The first-order valence-corrected chi connectivity index (χ1v) is 8.28. The minimum absolute atomic E-state index is 0.137. The second kappa shape index (κ2) is 9.08. The molecule has 0 fully saturated rings. The van der Waals surface area contributed by atoms with Crippen LogP contribution >= 0.6 is 0 Å². The van der Waals surface area contributed by atoms with Crippen LogP contribution in [0.3, 0.4) is 0 Å². The number of carbonyl (C=O) groups excluding carboxylic acids is 2. The van der Waals surface area contributed by atoms with E-state index in [4.69, 9.17) is 10.5 Å². The van der Waals surface area contributed by atoms with Gasteiger partial charge in [0.15, 0.2) is 0 Å². The lowest BCUT2D eigenvalue weighted by molar-refractivity contribution is -0.145. The fourth-order valence-corrected chi connectivity index (χ4v) is 2.73. The second-order valence-corrected chi connectivity index (χ2v) is 5.81. The third-order valence-corrected chi connectivity index (χ3v) is 4.03. The number of rotatable bonds is 9. The summed E-state index contributed by atoms with van der Waals surface area (Å²) >= 11 is 0. The summed E-state index contributed by atoms with van der Waals surface area (Å²) in [4.78, 5) is 27.3. The summed E-state index contributed by atoms with van der Waals surface area (Å²) in [6, 6.07) is 7.18. The first-order chi connectivity index (χ1) is 11.7. The standard InChI is InChI=1S/C18H25N3O3/c1-24-18(23)16(21-17(22)9-3-2-6-10-19)11-13-12-20-15-8-5-4-7-14(13)15/h4-5,7-8,12,16,20H,2-3,6,9-11,19H2,1H3,(H,21,22)/t16-/m1/s1. The van der Waals surface area contributed by atoms with Crippen LogP contribution in [-0.4, -0.2) is 36.6 Å². The zero-order valence-corrected chi connectivity index (χ0v) is 14.0. The van der Waals surface area contributed by atoms with Crippen molar-refractivity contribution in [2.45, 2.75) is 38.1 Å². The summed E-state index contributed by atoms with van der Waals surface area (Å²) in [5.74, 6) is -0.571. The number of unbranched alkanes of at least 4 members (excludes halogenated alkanes) is 2. The van der Waals surface area contributed by atoms with Crippen molar-refractivity contribution in [2.75, 3.05) is 13.7 Å². The van der Waals surface area contributed by atoms with Crippen LogP contribution in [0.25, 0.3) is 10.9 Å². The Morgan fingerprint density at radius 2 is 2.04 bits per heavy atom. The number of fused-ring (bicyclic) bond motifs is 1. The lowest BCUT2D eigenvalue weighted by Crippen LogP contribution is -2.43. The maximum Gasteiger partial charge on any atom is 0.328 e. The number of nitrogens with two attached hydrogens (primary N) is 1. The van der Waals surface area contributed by atoms with E-state index >= 15 is 0 Å². The molecule has 1 atom stereocenters. The Balaban J connectivity index is 2.00. The fourth-order valence-electron chi connectivity index (χ4n) is 2.73. The van der Waals surface area contributed by atoms with Gasteiger partial charge in [-0.15, -0.1) is 0 Å². The lowest BCUT2D eigenvalue weighted by Gasteiger charge is -2.16. The fraction of sp³-hybridized carbons (Fsp3) is 0.444. The molecule has 1 heterocycles. The minimum Gasteiger partial charge on any atom is -0.467 e. The van der Waals surface area contributed by atoms with E-state index in [1.165, 1.54) is 7.11 Å². The molecule has 0 bridgehead atoms. The molecular formula is C18H25N3O3. The quantitative estimate of drug-likeness (QED) is 0.483. The molecule has 4 N–H and O–H groups in total. The summed E-state index contributed by atoms with van der Waals surface area (Å²) < 4.78 is 4.84. The molecule has 6 nitrogen and oxygen atoms in total. The van der Waals surface area contributed by atoms with Crippen LogP contribution in [0.4, 0.5) is 0 Å². The molecule has 0 saturated heterocycles. The molecule has 0 aliphatic carbocycles. The van der Waals surface area contributed by atoms with Crippen LogP contribution in [0.5, 0.6) is 0 Å². The molecule has 0 unspecified atom stereocenters. The van der Waals surface area contributed by atoms with Crippen LogP contribution < -0.4 is 11.1 Å². The van der Waals surface area contributed by atoms with Crippen LogP contribution in [-0.2, 0) is 20.7 Å². The number of aromatic amines is 1. The number of amides is 1. The van der Waals surface area contributed by atoms with E-state index in [-0.39, 0.29) is 5.91 Å². The average molecular weight is 331 g/mol. The monoisotopic (exact) mass is 331 g/mol. The van der Waals surface area contributed by atoms with Crippen LogP contribution in [0.15, 0.2) is 30.5 Å². The largest absolute Gasteiger partial charge is 0.467 e. The molecule has 0 spiro atoms. The van der Waals surface area contributed by atoms with E-state index < -0.39 is 12.0 Å². The maximum atomic E-state index is 12.1. The highest BCUT2D eigenvalue weighted by atomic mass is 16.5. The molecule has 24 heavy (non-hydrogen) atoms. The Morgan fingerprint density at radius 1 is 1.25 bits per heavy atom. The smallest absolute Gasteiger partial charge is 0.328 e. The number of hydrogen-bond donors (Lipinski definition) is 3. The van der Waals surface area contributed by atoms with E-state index in [1.54, 1.807) is 0 Å². The highest BCUT2D eigenvalue weighted by Gasteiger charge is 2.23. The first-order valence-electron chi connectivity index (χ1n) is 8.28. The van der Waals surface area contributed by atoms with Crippen molar-refractivity contribution < 1.29 is 14.3 Å². The highest BCUT2D eigenvalue weighted by Crippen LogP contribution is 2.19. The lowest BCUT2D eigenvalue weighted by atomic mass is 10.0. The molecule has 0 radical (unpaired) electrons. The normalized spacial score (nSPS) is 12.1. The summed E-state index contributed by atoms with van der Waals surface area (Å²) in [5.41, 5.74) is 7.42. The number of benzene rings is 1. The molecule has 1 amide bonds. The van der Waals surface area contributed by atoms with Gasteiger partial charge in [-0.3, -0.25) is 4.79 Å². The number of ether oxygens (including phenoxy) is 1. The van der Waals surface area contributed by atoms with Crippen molar-refractivity contribution in [1.29, 1.82) is 0 Å². The molecule has 6 heteroatoms. The van der Waals surface area contributed by atoms with Crippen molar-refractivity contribution in [1.82, 2.24) is 10.3 Å². The van der Waals surface area contributed by atoms with Gasteiger partial charge in [0, 0.05) is 29.9 Å². The molecule has 2 rings (SSSR count). The number of hydrogen-bond acceptors (Lipinski definition) is 4.